The fourth-order valence-corrected chi connectivity index (χ4v) is 6.00. The van der Waals surface area contributed by atoms with Gasteiger partial charge < -0.3 is 4.42 Å². The molecule has 0 aliphatic rings. The lowest BCUT2D eigenvalue weighted by Crippen LogP contribution is -2.52. The molecule has 0 spiro atoms. The first-order valence-corrected chi connectivity index (χ1v) is 13.6. The van der Waals surface area contributed by atoms with Crippen LogP contribution in [0.1, 0.15) is 22.5 Å². The molecular weight excluding hydrogens is 524 g/mol. The lowest BCUT2D eigenvalue weighted by Gasteiger charge is -2.27. The molecule has 2 nitrogen and oxygen atoms in total. The summed E-state index contributed by atoms with van der Waals surface area (Å²) in [6, 6.07) is 9.66. The molecule has 184 valence electrons. The quantitative estimate of drug-likeness (QED) is 0.141. The molecule has 0 amide bonds. The summed E-state index contributed by atoms with van der Waals surface area (Å²) in [5.41, 5.74) is 5.72. The molecule has 6 aromatic rings. The Bertz CT molecular complexity index is 2270. The van der Waals surface area contributed by atoms with Crippen molar-refractivity contribution in [3.05, 3.63) is 65.1 Å². The Balaban J connectivity index is 1.77. The topological polar surface area (TPSA) is 26.0 Å². The molecule has 0 saturated carbocycles. The number of benzene rings is 4. The summed E-state index contributed by atoms with van der Waals surface area (Å²) in [5, 5.41) is 2.48. The van der Waals surface area contributed by atoms with Crippen molar-refractivity contribution in [2.45, 2.75) is 13.3 Å². The third-order valence-electron chi connectivity index (χ3n) is 8.25. The minimum Gasteiger partial charge on any atom is -0.459 e. The molecule has 4 aromatic carbocycles. The molecule has 0 unspecified atom stereocenters. The van der Waals surface area contributed by atoms with Gasteiger partial charge in [0.2, 0.25) is 0 Å². The first-order chi connectivity index (χ1) is 21.0. The van der Waals surface area contributed by atoms with Crippen molar-refractivity contribution < 1.29 is 4.42 Å². The number of aryl methyl sites for hydroxylation is 1. The number of allylic oxidation sites excluding steroid dienone is 1. The Kier molecular flexibility index (Phi) is 7.61. The van der Waals surface area contributed by atoms with Gasteiger partial charge in [0.1, 0.15) is 82.0 Å². The van der Waals surface area contributed by atoms with Crippen LogP contribution in [0.15, 0.2) is 47.0 Å². The van der Waals surface area contributed by atoms with Crippen molar-refractivity contribution >= 4 is 158 Å². The number of furan rings is 1. The van der Waals surface area contributed by atoms with Crippen LogP contribution in [0.2, 0.25) is 0 Å². The maximum atomic E-state index is 6.92. The first-order valence-electron chi connectivity index (χ1n) is 13.6. The van der Waals surface area contributed by atoms with Crippen molar-refractivity contribution in [2.75, 3.05) is 0 Å². The van der Waals surface area contributed by atoms with Crippen molar-refractivity contribution in [3.63, 3.8) is 0 Å². The maximum absolute atomic E-state index is 6.92. The van der Waals surface area contributed by atoms with Gasteiger partial charge in [0.25, 0.3) is 0 Å². The Morgan fingerprint density at radius 1 is 0.705 bits per heavy atom. The monoisotopic (exact) mass is 539 g/mol. The summed E-state index contributed by atoms with van der Waals surface area (Å²) in [4.78, 5) is 4.54. The van der Waals surface area contributed by atoms with Gasteiger partial charge in [0.15, 0.2) is 0 Å². The molecule has 6 rings (SSSR count). The highest BCUT2D eigenvalue weighted by Crippen LogP contribution is 2.38. The molecule has 0 saturated heterocycles. The van der Waals surface area contributed by atoms with Crippen molar-refractivity contribution in [3.8, 4) is 23.6 Å². The highest BCUT2D eigenvalue weighted by Gasteiger charge is 2.24. The Labute approximate surface area is 268 Å². The van der Waals surface area contributed by atoms with Gasteiger partial charge >= 0.3 is 0 Å². The van der Waals surface area contributed by atoms with Crippen LogP contribution in [0.4, 0.5) is 0 Å². The molecule has 2 heterocycles. The molecule has 0 aliphatic heterocycles. The number of fused-ring (bicyclic) bond motifs is 4. The third kappa shape index (κ3) is 4.37. The summed E-state index contributed by atoms with van der Waals surface area (Å²) >= 11 is 0. The fraction of sp³-hybridized carbons (Fsp3) is 0.0606. The van der Waals surface area contributed by atoms with Crippen LogP contribution in [0.3, 0.4) is 0 Å². The Hall–Kier alpha value is -4.03. The number of aromatic nitrogens is 1. The summed E-state index contributed by atoms with van der Waals surface area (Å²) in [7, 11) is 58.4. The van der Waals surface area contributed by atoms with Crippen LogP contribution in [-0.4, -0.2) is 75.6 Å². The molecule has 0 atom stereocenters. The van der Waals surface area contributed by atoms with Gasteiger partial charge in [-0.1, -0.05) is 45.4 Å². The van der Waals surface area contributed by atoms with Crippen molar-refractivity contribution in [1.82, 2.24) is 4.98 Å². The number of hydrogen-bond acceptors (Lipinski definition) is 2. The fourth-order valence-electron chi connectivity index (χ4n) is 6.00. The van der Waals surface area contributed by atoms with E-state index in [0.717, 1.165) is 27.8 Å². The van der Waals surface area contributed by atoms with E-state index in [-0.39, 0.29) is 55.6 Å². The zero-order valence-electron chi connectivity index (χ0n) is 24.0. The van der Waals surface area contributed by atoms with Crippen LogP contribution in [-0.2, 0) is 6.42 Å². The minimum absolute atomic E-state index is 0.0911. The van der Waals surface area contributed by atoms with E-state index in [0.29, 0.717) is 38.5 Å². The number of pyridine rings is 1. The van der Waals surface area contributed by atoms with Gasteiger partial charge in [-0.2, -0.15) is 0 Å². The number of terminal acetylenes is 1. The van der Waals surface area contributed by atoms with Crippen LogP contribution in [0.25, 0.3) is 49.8 Å². The normalized spacial score (nSPS) is 11.6. The van der Waals surface area contributed by atoms with E-state index in [1.807, 2.05) is 43.3 Å². The largest absolute Gasteiger partial charge is 0.459 e. The lowest BCUT2D eigenvalue weighted by atomic mass is 9.58. The molecule has 18 radical (unpaired) electrons. The van der Waals surface area contributed by atoms with Crippen LogP contribution in [0.5, 0.6) is 0 Å². The van der Waals surface area contributed by atoms with Gasteiger partial charge in [-0.15, -0.1) is 28.3 Å². The molecule has 0 fully saturated rings. The van der Waals surface area contributed by atoms with Crippen LogP contribution in [0, 0.1) is 19.3 Å². The molecular formula is C33H14B9NO. The molecule has 11 heteroatoms. The van der Waals surface area contributed by atoms with Gasteiger partial charge in [0.05, 0.1) is 5.69 Å². The van der Waals surface area contributed by atoms with E-state index in [4.69, 9.17) is 81.5 Å². The van der Waals surface area contributed by atoms with Gasteiger partial charge in [0, 0.05) is 29.1 Å². The standard InChI is InChI=1S/C33H14B9NO/c1-3-4-7-15-18(44-33-14(10-9-13(2)19(15)33)17-8-5-6-11-43-17)12-16-20-21(26(36)30(40)29(39)25(20)35)22-23(24(16)34)28(38)32(42)31(41)27(22)37/h1,4-11H,12H2,2H3/b7-4-. The second-order valence-electron chi connectivity index (χ2n) is 10.7. The molecule has 0 aliphatic carbocycles. The molecule has 44 heavy (non-hydrogen) atoms. The van der Waals surface area contributed by atoms with E-state index in [9.17, 15) is 0 Å². The average Bonchev–Trinajstić information content (AvgIpc) is 3.39. The predicted octanol–water partition coefficient (Wildman–Crippen LogP) is -2.51. The second-order valence-corrected chi connectivity index (χ2v) is 10.7. The third-order valence-corrected chi connectivity index (χ3v) is 8.25. The SMILES string of the molecule is [B]c1c([B])c([B])c2c(c1[B])c([B])c(Cc1oc3c(-c4ccccn4)ccc(C)c3c1/C=C\C#C)c1c([B])c([B])c([B])c([B])c12. The smallest absolute Gasteiger partial charge is 0.144 e. The minimum atomic E-state index is 0.0911. The van der Waals surface area contributed by atoms with E-state index >= 15 is 0 Å². The van der Waals surface area contributed by atoms with Gasteiger partial charge in [-0.25, -0.2) is 0 Å². The average molecular weight is 538 g/mol. The summed E-state index contributed by atoms with van der Waals surface area (Å²) in [6.07, 6.45) is 10.9. The molecule has 2 aromatic heterocycles. The zero-order chi connectivity index (χ0) is 31.6. The first kappa shape index (κ1) is 30.0. The van der Waals surface area contributed by atoms with Crippen LogP contribution < -0.4 is 49.2 Å². The summed E-state index contributed by atoms with van der Waals surface area (Å²) in [6.45, 7) is 2.00. The Morgan fingerprint density at radius 2 is 1.30 bits per heavy atom. The van der Waals surface area contributed by atoms with E-state index < -0.39 is 0 Å². The van der Waals surface area contributed by atoms with E-state index in [2.05, 4.69) is 10.9 Å². The number of nitrogens with zero attached hydrogens (tertiary/aromatic N) is 1. The molecule has 0 bridgehead atoms. The number of rotatable bonds is 4. The van der Waals surface area contributed by atoms with E-state index in [1.54, 1.807) is 12.3 Å². The second kappa shape index (κ2) is 11.2. The highest BCUT2D eigenvalue weighted by molar-refractivity contribution is 6.72. The van der Waals surface area contributed by atoms with Crippen LogP contribution >= 0.6 is 0 Å². The predicted molar refractivity (Wildman–Crippen MR) is 195 cm³/mol. The van der Waals surface area contributed by atoms with Gasteiger partial charge in [-0.3, -0.25) is 4.98 Å². The van der Waals surface area contributed by atoms with E-state index in [1.165, 1.54) is 0 Å². The summed E-state index contributed by atoms with van der Waals surface area (Å²) in [5.74, 6) is 3.12. The highest BCUT2D eigenvalue weighted by atomic mass is 16.3. The lowest BCUT2D eigenvalue weighted by molar-refractivity contribution is 0.563. The van der Waals surface area contributed by atoms with Gasteiger partial charge in [-0.05, 0) is 69.9 Å². The molecule has 0 N–H and O–H groups in total. The Morgan fingerprint density at radius 3 is 1.89 bits per heavy atom. The van der Waals surface area contributed by atoms with Crippen molar-refractivity contribution in [2.24, 2.45) is 0 Å². The summed E-state index contributed by atoms with van der Waals surface area (Å²) < 4.78 is 6.66. The van der Waals surface area contributed by atoms with Crippen molar-refractivity contribution in [1.29, 1.82) is 0 Å². The zero-order valence-corrected chi connectivity index (χ0v) is 24.0. The maximum Gasteiger partial charge on any atom is 0.144 e. The number of hydrogen-bond donors (Lipinski definition) is 0.